The molecule has 0 saturated heterocycles. The first-order valence-corrected chi connectivity index (χ1v) is 12.0. The van der Waals surface area contributed by atoms with Crippen LogP contribution in [0.5, 0.6) is 0 Å². The Morgan fingerprint density at radius 3 is 2.40 bits per heavy atom. The van der Waals surface area contributed by atoms with Crippen molar-refractivity contribution in [1.82, 2.24) is 19.4 Å². The monoisotopic (exact) mass is 446 g/mol. The summed E-state index contributed by atoms with van der Waals surface area (Å²) in [5.41, 5.74) is 15.2. The molecule has 0 aliphatic heterocycles. The summed E-state index contributed by atoms with van der Waals surface area (Å²) in [6, 6.07) is 24.3. The van der Waals surface area contributed by atoms with E-state index in [1.807, 2.05) is 30.7 Å². The van der Waals surface area contributed by atoms with Crippen molar-refractivity contribution in [2.45, 2.75) is 12.8 Å². The number of rotatable bonds is 0. The lowest BCUT2D eigenvalue weighted by atomic mass is 9.96. The molecule has 3 aromatic carbocycles. The molecule has 162 valence electrons. The lowest BCUT2D eigenvalue weighted by Gasteiger charge is -2.12. The number of benzene rings is 3. The molecule has 0 unspecified atom stereocenters. The van der Waals surface area contributed by atoms with Crippen LogP contribution in [0.15, 0.2) is 85.3 Å². The third-order valence-electron chi connectivity index (χ3n) is 8.03. The van der Waals surface area contributed by atoms with E-state index in [4.69, 9.17) is 9.97 Å². The van der Waals surface area contributed by atoms with Crippen molar-refractivity contribution in [2.75, 3.05) is 0 Å². The number of hydrogen-bond donors (Lipinski definition) is 0. The van der Waals surface area contributed by atoms with Gasteiger partial charge in [0, 0.05) is 28.6 Å². The summed E-state index contributed by atoms with van der Waals surface area (Å²) in [6.07, 6.45) is 7.51. The van der Waals surface area contributed by atoms with Crippen LogP contribution in [0.3, 0.4) is 0 Å². The van der Waals surface area contributed by atoms with E-state index in [2.05, 4.69) is 64.0 Å². The Hall–Kier alpha value is -4.57. The van der Waals surface area contributed by atoms with E-state index in [0.29, 0.717) is 0 Å². The lowest BCUT2D eigenvalue weighted by molar-refractivity contribution is 1.17. The summed E-state index contributed by atoms with van der Waals surface area (Å²) in [5, 5.41) is 3.63. The van der Waals surface area contributed by atoms with Gasteiger partial charge in [-0.2, -0.15) is 0 Å². The molecule has 9 rings (SSSR count). The zero-order chi connectivity index (χ0) is 22.7. The molecule has 0 spiro atoms. The Morgan fingerprint density at radius 2 is 1.43 bits per heavy atom. The van der Waals surface area contributed by atoms with Crippen molar-refractivity contribution in [2.24, 2.45) is 0 Å². The van der Waals surface area contributed by atoms with Gasteiger partial charge in [-0.1, -0.05) is 42.5 Å². The molecule has 0 amide bonds. The maximum atomic E-state index is 5.01. The summed E-state index contributed by atoms with van der Waals surface area (Å²) in [7, 11) is 0. The number of pyridine rings is 3. The van der Waals surface area contributed by atoms with Crippen LogP contribution in [0.4, 0.5) is 0 Å². The van der Waals surface area contributed by atoms with Crippen LogP contribution < -0.4 is 0 Å². The highest BCUT2D eigenvalue weighted by molar-refractivity contribution is 6.16. The Balaban J connectivity index is 1.39. The lowest BCUT2D eigenvalue weighted by Crippen LogP contribution is -1.96. The zero-order valence-corrected chi connectivity index (χ0v) is 18.8. The minimum absolute atomic E-state index is 0.895. The second kappa shape index (κ2) is 6.10. The maximum Gasteiger partial charge on any atom is 0.147 e. The van der Waals surface area contributed by atoms with E-state index < -0.39 is 0 Å². The number of aromatic nitrogens is 4. The first-order valence-electron chi connectivity index (χ1n) is 12.0. The third kappa shape index (κ3) is 2.11. The normalized spacial score (nSPS) is 13.5. The molecule has 4 heteroatoms. The molecule has 4 heterocycles. The summed E-state index contributed by atoms with van der Waals surface area (Å²) in [5.74, 6) is 0. The highest BCUT2D eigenvalue weighted by Crippen LogP contribution is 2.49. The largest absolute Gasteiger partial charge is 0.276 e. The fraction of sp³-hybridized carbons (Fsp3) is 0.0645. The van der Waals surface area contributed by atoms with Crippen LogP contribution >= 0.6 is 0 Å². The Bertz CT molecular complexity index is 2070. The molecule has 0 bridgehead atoms. The molecule has 7 aromatic rings. The Morgan fingerprint density at radius 1 is 0.629 bits per heavy atom. The second-order valence-corrected chi connectivity index (χ2v) is 9.65. The van der Waals surface area contributed by atoms with Gasteiger partial charge in [-0.05, 0) is 81.6 Å². The predicted octanol–water partition coefficient (Wildman–Crippen LogP) is 6.73. The van der Waals surface area contributed by atoms with Gasteiger partial charge in [-0.3, -0.25) is 9.38 Å². The van der Waals surface area contributed by atoms with Crippen LogP contribution in [0.1, 0.15) is 22.3 Å². The molecule has 4 aromatic heterocycles. The van der Waals surface area contributed by atoms with E-state index in [1.54, 1.807) is 0 Å². The summed E-state index contributed by atoms with van der Waals surface area (Å²) >= 11 is 0. The number of nitrogens with zero attached hydrogens (tertiary/aromatic N) is 4. The molecule has 0 N–H and O–H groups in total. The predicted molar refractivity (Wildman–Crippen MR) is 140 cm³/mol. The molecule has 2 aliphatic carbocycles. The molecular weight excluding hydrogens is 428 g/mol. The van der Waals surface area contributed by atoms with Gasteiger partial charge < -0.3 is 0 Å². The summed E-state index contributed by atoms with van der Waals surface area (Å²) in [4.78, 5) is 14.2. The highest BCUT2D eigenvalue weighted by Gasteiger charge is 2.30. The number of imidazole rings is 1. The fourth-order valence-electron chi connectivity index (χ4n) is 6.58. The fourth-order valence-corrected chi connectivity index (χ4v) is 6.58. The van der Waals surface area contributed by atoms with E-state index in [-0.39, 0.29) is 0 Å². The van der Waals surface area contributed by atoms with Crippen molar-refractivity contribution in [3.8, 4) is 22.3 Å². The van der Waals surface area contributed by atoms with Gasteiger partial charge in [0.25, 0.3) is 0 Å². The third-order valence-corrected chi connectivity index (χ3v) is 8.03. The van der Waals surface area contributed by atoms with Crippen LogP contribution in [0.2, 0.25) is 0 Å². The standard InChI is InChI=1S/C31H18N4/c1-2-5-18-17(4-1)14-24-19(18)7-8-20-21-9-10-23-29(26(21)15-25(20)24)22-6-3-12-33-30(22)35-28-11-13-32-16-27(28)34-31(23)35/h1-13,16H,14-15H2. The first kappa shape index (κ1) is 17.8. The van der Waals surface area contributed by atoms with E-state index >= 15 is 0 Å². The van der Waals surface area contributed by atoms with Crippen molar-refractivity contribution < 1.29 is 0 Å². The quantitative estimate of drug-likeness (QED) is 0.243. The summed E-state index contributed by atoms with van der Waals surface area (Å²) < 4.78 is 2.19. The molecule has 0 saturated carbocycles. The van der Waals surface area contributed by atoms with Gasteiger partial charge in [-0.25, -0.2) is 9.97 Å². The van der Waals surface area contributed by atoms with Crippen molar-refractivity contribution in [3.05, 3.63) is 108 Å². The number of fused-ring (bicyclic) bond motifs is 16. The van der Waals surface area contributed by atoms with E-state index in [0.717, 1.165) is 35.2 Å². The van der Waals surface area contributed by atoms with Gasteiger partial charge >= 0.3 is 0 Å². The molecule has 2 aliphatic rings. The van der Waals surface area contributed by atoms with Gasteiger partial charge in [-0.15, -0.1) is 0 Å². The van der Waals surface area contributed by atoms with Crippen LogP contribution in [-0.2, 0) is 12.8 Å². The van der Waals surface area contributed by atoms with Crippen molar-refractivity contribution in [1.29, 1.82) is 0 Å². The average molecular weight is 447 g/mol. The number of hydrogen-bond acceptors (Lipinski definition) is 3. The average Bonchev–Trinajstić information content (AvgIpc) is 3.59. The van der Waals surface area contributed by atoms with Gasteiger partial charge in [0.05, 0.1) is 11.7 Å². The molecule has 4 nitrogen and oxygen atoms in total. The first-order chi connectivity index (χ1) is 17.4. The molecule has 0 fully saturated rings. The van der Waals surface area contributed by atoms with Gasteiger partial charge in [0.1, 0.15) is 16.8 Å². The van der Waals surface area contributed by atoms with Crippen LogP contribution in [0.25, 0.3) is 60.7 Å². The van der Waals surface area contributed by atoms with Crippen molar-refractivity contribution >= 4 is 38.5 Å². The minimum atomic E-state index is 0.895. The summed E-state index contributed by atoms with van der Waals surface area (Å²) in [6.45, 7) is 0. The van der Waals surface area contributed by atoms with Crippen molar-refractivity contribution in [3.63, 3.8) is 0 Å². The minimum Gasteiger partial charge on any atom is -0.276 e. The second-order valence-electron chi connectivity index (χ2n) is 9.65. The molecule has 0 radical (unpaired) electrons. The topological polar surface area (TPSA) is 43.1 Å². The maximum absolute atomic E-state index is 5.01. The smallest absolute Gasteiger partial charge is 0.147 e. The Kier molecular flexibility index (Phi) is 3.11. The van der Waals surface area contributed by atoms with Gasteiger partial charge in [0.15, 0.2) is 0 Å². The van der Waals surface area contributed by atoms with E-state index in [9.17, 15) is 0 Å². The van der Waals surface area contributed by atoms with Gasteiger partial charge in [0.2, 0.25) is 0 Å². The van der Waals surface area contributed by atoms with Crippen LogP contribution in [0, 0.1) is 0 Å². The van der Waals surface area contributed by atoms with Crippen LogP contribution in [-0.4, -0.2) is 19.4 Å². The SMILES string of the molecule is c1ccc2c(c1)Cc1c-2ccc2c1Cc1c-2ccc2c1c1cccnc1n1c3ccncc3nc21. The molecule has 35 heavy (non-hydrogen) atoms. The zero-order valence-electron chi connectivity index (χ0n) is 18.8. The highest BCUT2D eigenvalue weighted by atomic mass is 15.1. The van der Waals surface area contributed by atoms with E-state index in [1.165, 1.54) is 60.7 Å². The molecule has 0 atom stereocenters. The Labute approximate surface area is 200 Å². The molecular formula is C31H18N4.